The van der Waals surface area contributed by atoms with Gasteiger partial charge in [0.15, 0.2) is 5.13 Å². The molecular formula is C20H20N2O3S. The van der Waals surface area contributed by atoms with Crippen LogP contribution < -0.4 is 5.32 Å². The summed E-state index contributed by atoms with van der Waals surface area (Å²) in [6.07, 6.45) is 5.66. The molecule has 1 aromatic heterocycles. The van der Waals surface area contributed by atoms with Gasteiger partial charge in [-0.1, -0.05) is 35.6 Å². The van der Waals surface area contributed by atoms with Gasteiger partial charge in [-0.05, 0) is 49.7 Å². The maximum absolute atomic E-state index is 12.9. The van der Waals surface area contributed by atoms with E-state index < -0.39 is 11.5 Å². The maximum atomic E-state index is 12.9. The summed E-state index contributed by atoms with van der Waals surface area (Å²) < 4.78 is 5.59. The number of fused-ring (bicyclic) bond motifs is 3. The Morgan fingerprint density at radius 3 is 2.88 bits per heavy atom. The Bertz CT molecular complexity index is 898. The molecule has 1 spiro atoms. The number of anilines is 1. The Morgan fingerprint density at radius 2 is 2.04 bits per heavy atom. The van der Waals surface area contributed by atoms with Gasteiger partial charge < -0.3 is 10.1 Å². The van der Waals surface area contributed by atoms with Crippen molar-refractivity contribution in [3.8, 4) is 10.4 Å². The Hall–Kier alpha value is -2.21. The fraction of sp³-hybridized carbons (Fsp3) is 0.450. The number of thiazole rings is 1. The first-order chi connectivity index (χ1) is 12.6. The third-order valence-electron chi connectivity index (χ3n) is 5.91. The number of nitrogens with one attached hydrogen (secondary N) is 1. The molecule has 1 aromatic carbocycles. The van der Waals surface area contributed by atoms with Gasteiger partial charge in [0.1, 0.15) is 5.60 Å². The zero-order valence-electron chi connectivity index (χ0n) is 14.4. The van der Waals surface area contributed by atoms with Crippen molar-refractivity contribution >= 4 is 28.3 Å². The second kappa shape index (κ2) is 5.91. The predicted molar refractivity (Wildman–Crippen MR) is 99.0 cm³/mol. The first-order valence-corrected chi connectivity index (χ1v) is 10.1. The Morgan fingerprint density at radius 1 is 1.23 bits per heavy atom. The van der Waals surface area contributed by atoms with Crippen molar-refractivity contribution < 1.29 is 14.3 Å². The molecule has 0 radical (unpaired) electrons. The first kappa shape index (κ1) is 16.0. The minimum atomic E-state index is -0.579. The van der Waals surface area contributed by atoms with Crippen molar-refractivity contribution in [1.29, 1.82) is 0 Å². The van der Waals surface area contributed by atoms with E-state index in [1.54, 1.807) is 0 Å². The lowest BCUT2D eigenvalue weighted by molar-refractivity contribution is -0.149. The fourth-order valence-corrected chi connectivity index (χ4v) is 5.71. The van der Waals surface area contributed by atoms with Crippen LogP contribution in [-0.4, -0.2) is 22.5 Å². The van der Waals surface area contributed by atoms with E-state index >= 15 is 0 Å². The molecule has 5 nitrogen and oxygen atoms in total. The first-order valence-electron chi connectivity index (χ1n) is 9.25. The van der Waals surface area contributed by atoms with Gasteiger partial charge in [0.25, 0.3) is 0 Å². The van der Waals surface area contributed by atoms with Crippen LogP contribution in [0.5, 0.6) is 0 Å². The molecule has 1 N–H and O–H groups in total. The standard InChI is InChI=1S/C20H20N2O3S/c23-16-11-14(20(25-16)9-3-4-10-20)18(24)22-19-21-15-8-7-12-5-1-2-6-13(12)17(15)26-19/h1-2,5-6,14H,3-4,7-11H2,(H,21,22,24). The third-order valence-corrected chi connectivity index (χ3v) is 6.96. The minimum Gasteiger partial charge on any atom is -0.458 e. The van der Waals surface area contributed by atoms with Gasteiger partial charge in [-0.25, -0.2) is 4.98 Å². The summed E-state index contributed by atoms with van der Waals surface area (Å²) >= 11 is 1.53. The number of amides is 1. The lowest BCUT2D eigenvalue weighted by Gasteiger charge is -2.27. The third kappa shape index (κ3) is 2.47. The molecule has 1 atom stereocenters. The highest BCUT2D eigenvalue weighted by molar-refractivity contribution is 7.19. The Labute approximate surface area is 155 Å². The summed E-state index contributed by atoms with van der Waals surface area (Å²) in [5.74, 6) is -0.776. The minimum absolute atomic E-state index is 0.128. The smallest absolute Gasteiger partial charge is 0.307 e. The monoisotopic (exact) mass is 368 g/mol. The number of ether oxygens (including phenoxy) is 1. The van der Waals surface area contributed by atoms with Crippen molar-refractivity contribution in [3.05, 3.63) is 35.5 Å². The SMILES string of the molecule is O=C1CC(C(=O)Nc2nc3c(s2)-c2ccccc2CC3)C2(CCCC2)O1. The number of hydrogen-bond donors (Lipinski definition) is 1. The van der Waals surface area contributed by atoms with Crippen LogP contribution in [-0.2, 0) is 27.2 Å². The molecule has 2 aromatic rings. The van der Waals surface area contributed by atoms with E-state index in [0.717, 1.165) is 49.1 Å². The van der Waals surface area contributed by atoms with E-state index in [1.165, 1.54) is 22.5 Å². The van der Waals surface area contributed by atoms with Crippen molar-refractivity contribution in [2.24, 2.45) is 5.92 Å². The molecule has 2 fully saturated rings. The number of carbonyl (C=O) groups excluding carboxylic acids is 2. The van der Waals surface area contributed by atoms with Crippen molar-refractivity contribution in [2.75, 3.05) is 5.32 Å². The van der Waals surface area contributed by atoms with E-state index in [0.29, 0.717) is 5.13 Å². The summed E-state index contributed by atoms with van der Waals surface area (Å²) in [7, 11) is 0. The molecule has 1 aliphatic heterocycles. The fourth-order valence-electron chi connectivity index (χ4n) is 4.64. The van der Waals surface area contributed by atoms with E-state index in [1.807, 2.05) is 6.07 Å². The molecule has 1 amide bonds. The van der Waals surface area contributed by atoms with Crippen LogP contribution in [0, 0.1) is 5.92 Å². The van der Waals surface area contributed by atoms with Gasteiger partial charge in [-0.3, -0.25) is 9.59 Å². The van der Waals surface area contributed by atoms with Gasteiger partial charge in [0.05, 0.1) is 22.9 Å². The van der Waals surface area contributed by atoms with Crippen LogP contribution in [0.3, 0.4) is 0 Å². The lowest BCUT2D eigenvalue weighted by atomic mass is 9.85. The highest BCUT2D eigenvalue weighted by Crippen LogP contribution is 2.46. The van der Waals surface area contributed by atoms with Crippen molar-refractivity contribution in [2.45, 2.75) is 50.5 Å². The Balaban J connectivity index is 1.40. The Kier molecular flexibility index (Phi) is 3.64. The molecule has 134 valence electrons. The molecule has 2 aliphatic carbocycles. The number of hydrogen-bond acceptors (Lipinski definition) is 5. The van der Waals surface area contributed by atoms with Crippen molar-refractivity contribution in [1.82, 2.24) is 4.98 Å². The van der Waals surface area contributed by atoms with E-state index in [2.05, 4.69) is 28.5 Å². The zero-order valence-corrected chi connectivity index (χ0v) is 15.2. The molecule has 2 heterocycles. The number of aromatic nitrogens is 1. The summed E-state index contributed by atoms with van der Waals surface area (Å²) in [6.45, 7) is 0. The number of nitrogens with zero attached hydrogens (tertiary/aromatic N) is 1. The van der Waals surface area contributed by atoms with Crippen LogP contribution >= 0.6 is 11.3 Å². The van der Waals surface area contributed by atoms with Gasteiger partial charge >= 0.3 is 5.97 Å². The molecular weight excluding hydrogens is 348 g/mol. The number of aryl methyl sites for hydroxylation is 2. The average molecular weight is 368 g/mol. The summed E-state index contributed by atoms with van der Waals surface area (Å²) in [5.41, 5.74) is 3.03. The summed E-state index contributed by atoms with van der Waals surface area (Å²) in [5, 5.41) is 3.61. The highest BCUT2D eigenvalue weighted by atomic mass is 32.1. The molecule has 26 heavy (non-hydrogen) atoms. The maximum Gasteiger partial charge on any atom is 0.307 e. The second-order valence-corrected chi connectivity index (χ2v) is 8.44. The van der Waals surface area contributed by atoms with Crippen LogP contribution in [0.15, 0.2) is 24.3 Å². The molecule has 6 heteroatoms. The van der Waals surface area contributed by atoms with Crippen LogP contribution in [0.1, 0.15) is 43.4 Å². The quantitative estimate of drug-likeness (QED) is 0.820. The number of rotatable bonds is 2. The number of benzene rings is 1. The zero-order chi connectivity index (χ0) is 17.7. The van der Waals surface area contributed by atoms with Crippen LogP contribution in [0.4, 0.5) is 5.13 Å². The van der Waals surface area contributed by atoms with Crippen LogP contribution in [0.25, 0.3) is 10.4 Å². The molecule has 1 saturated heterocycles. The van der Waals surface area contributed by atoms with Gasteiger partial charge in [0.2, 0.25) is 5.91 Å². The number of carbonyl (C=O) groups is 2. The second-order valence-electron chi connectivity index (χ2n) is 7.44. The van der Waals surface area contributed by atoms with E-state index in [-0.39, 0.29) is 18.3 Å². The largest absolute Gasteiger partial charge is 0.458 e. The summed E-state index contributed by atoms with van der Waals surface area (Å²) in [6, 6.07) is 8.37. The molecule has 1 unspecified atom stereocenters. The topological polar surface area (TPSA) is 68.3 Å². The normalized spacial score (nSPS) is 22.8. The molecule has 5 rings (SSSR count). The lowest BCUT2D eigenvalue weighted by Crippen LogP contribution is -2.39. The van der Waals surface area contributed by atoms with Gasteiger partial charge in [-0.2, -0.15) is 0 Å². The van der Waals surface area contributed by atoms with E-state index in [4.69, 9.17) is 4.74 Å². The molecule has 0 bridgehead atoms. The van der Waals surface area contributed by atoms with Gasteiger partial charge in [0, 0.05) is 0 Å². The highest BCUT2D eigenvalue weighted by Gasteiger charge is 2.54. The number of esters is 1. The predicted octanol–water partition coefficient (Wildman–Crippen LogP) is 3.72. The van der Waals surface area contributed by atoms with Crippen LogP contribution in [0.2, 0.25) is 0 Å². The molecule has 3 aliphatic rings. The van der Waals surface area contributed by atoms with E-state index in [9.17, 15) is 9.59 Å². The van der Waals surface area contributed by atoms with Gasteiger partial charge in [-0.15, -0.1) is 0 Å². The summed E-state index contributed by atoms with van der Waals surface area (Å²) in [4.78, 5) is 30.6. The molecule has 1 saturated carbocycles. The average Bonchev–Trinajstić information content (AvgIpc) is 3.34. The van der Waals surface area contributed by atoms with Crippen molar-refractivity contribution in [3.63, 3.8) is 0 Å².